The first-order chi connectivity index (χ1) is 11.8. The first-order valence-corrected chi connectivity index (χ1v) is 11.0. The van der Waals surface area contributed by atoms with E-state index in [9.17, 15) is 8.42 Å². The highest BCUT2D eigenvalue weighted by molar-refractivity contribution is 7.91. The predicted octanol–water partition coefficient (Wildman–Crippen LogP) is 2.67. The highest BCUT2D eigenvalue weighted by atomic mass is 32.2. The van der Waals surface area contributed by atoms with Crippen molar-refractivity contribution < 1.29 is 13.2 Å². The molecule has 2 saturated heterocycles. The Bertz CT molecular complexity index is 743. The van der Waals surface area contributed by atoms with Crippen molar-refractivity contribution >= 4 is 32.9 Å². The fraction of sp³-hybridized carbons (Fsp3) is 0.611. The number of nitrogens with one attached hydrogen (secondary N) is 1. The molecule has 0 amide bonds. The van der Waals surface area contributed by atoms with Crippen LogP contribution in [0.4, 0.5) is 5.69 Å². The maximum absolute atomic E-state index is 11.9. The largest absolute Gasteiger partial charge is 0.376 e. The summed E-state index contributed by atoms with van der Waals surface area (Å²) in [7, 11) is -2.96. The lowest BCUT2D eigenvalue weighted by Crippen LogP contribution is -2.47. The summed E-state index contributed by atoms with van der Waals surface area (Å²) in [4.78, 5) is 2.03. The first kappa shape index (κ1) is 18.6. The van der Waals surface area contributed by atoms with Crippen molar-refractivity contribution in [3.8, 4) is 0 Å². The van der Waals surface area contributed by atoms with Crippen molar-refractivity contribution in [1.29, 1.82) is 0 Å². The minimum Gasteiger partial charge on any atom is -0.376 e. The van der Waals surface area contributed by atoms with Gasteiger partial charge in [0.05, 0.1) is 17.6 Å². The molecule has 3 rings (SSSR count). The molecule has 0 aliphatic carbocycles. The van der Waals surface area contributed by atoms with Gasteiger partial charge in [0.25, 0.3) is 0 Å². The molecule has 0 unspecified atom stereocenters. The van der Waals surface area contributed by atoms with Gasteiger partial charge in [-0.15, -0.1) is 0 Å². The smallest absolute Gasteiger partial charge is 0.173 e. The molecular weight excluding hydrogens is 356 g/mol. The second kappa shape index (κ2) is 7.60. The minimum absolute atomic E-state index is 0.0688. The van der Waals surface area contributed by atoms with Crippen molar-refractivity contribution in [1.82, 2.24) is 4.90 Å². The van der Waals surface area contributed by atoms with Crippen molar-refractivity contribution in [2.45, 2.75) is 45.3 Å². The number of anilines is 1. The van der Waals surface area contributed by atoms with Gasteiger partial charge >= 0.3 is 0 Å². The molecule has 138 valence electrons. The summed E-state index contributed by atoms with van der Waals surface area (Å²) in [5.74, 6) is 0.417. The van der Waals surface area contributed by atoms with Crippen molar-refractivity contribution in [3.05, 3.63) is 29.3 Å². The number of aryl methyl sites for hydroxylation is 2. The van der Waals surface area contributed by atoms with Gasteiger partial charge in [-0.3, -0.25) is 0 Å². The quantitative estimate of drug-likeness (QED) is 0.808. The van der Waals surface area contributed by atoms with Crippen LogP contribution in [-0.4, -0.2) is 55.2 Å². The van der Waals surface area contributed by atoms with E-state index in [1.54, 1.807) is 0 Å². The zero-order chi connectivity index (χ0) is 18.0. The van der Waals surface area contributed by atoms with Crippen molar-refractivity contribution in [2.24, 2.45) is 0 Å². The monoisotopic (exact) mass is 382 g/mol. The van der Waals surface area contributed by atoms with E-state index in [1.165, 1.54) is 11.1 Å². The Morgan fingerprint density at radius 1 is 1.32 bits per heavy atom. The third kappa shape index (κ3) is 4.71. The molecule has 7 heteroatoms. The predicted molar refractivity (Wildman–Crippen MR) is 105 cm³/mol. The molecule has 0 spiro atoms. The molecule has 25 heavy (non-hydrogen) atoms. The van der Waals surface area contributed by atoms with E-state index in [2.05, 4.69) is 31.3 Å². The average Bonchev–Trinajstić information content (AvgIpc) is 3.17. The van der Waals surface area contributed by atoms with Gasteiger partial charge in [-0.05, 0) is 68.6 Å². The minimum atomic E-state index is -2.96. The maximum Gasteiger partial charge on any atom is 0.173 e. The van der Waals surface area contributed by atoms with E-state index in [0.29, 0.717) is 18.1 Å². The zero-order valence-electron chi connectivity index (χ0n) is 14.8. The Labute approximate surface area is 155 Å². The van der Waals surface area contributed by atoms with Gasteiger partial charge in [0.2, 0.25) is 0 Å². The lowest BCUT2D eigenvalue weighted by Gasteiger charge is -2.33. The van der Waals surface area contributed by atoms with Gasteiger partial charge in [-0.1, -0.05) is 6.07 Å². The molecule has 2 aliphatic heterocycles. The van der Waals surface area contributed by atoms with E-state index in [-0.39, 0.29) is 23.7 Å². The van der Waals surface area contributed by atoms with Gasteiger partial charge < -0.3 is 15.0 Å². The molecule has 0 bridgehead atoms. The summed E-state index contributed by atoms with van der Waals surface area (Å²) in [5.41, 5.74) is 3.36. The Kier molecular flexibility index (Phi) is 5.65. The summed E-state index contributed by atoms with van der Waals surface area (Å²) >= 11 is 5.64. The summed E-state index contributed by atoms with van der Waals surface area (Å²) in [6, 6.07) is 6.06. The van der Waals surface area contributed by atoms with Gasteiger partial charge in [0, 0.05) is 24.9 Å². The van der Waals surface area contributed by atoms with Gasteiger partial charge in [0.1, 0.15) is 0 Å². The lowest BCUT2D eigenvalue weighted by atomic mass is 10.1. The van der Waals surface area contributed by atoms with Crippen LogP contribution in [0.15, 0.2) is 18.2 Å². The van der Waals surface area contributed by atoms with Crippen LogP contribution in [0, 0.1) is 13.8 Å². The molecule has 2 fully saturated rings. The molecule has 2 aliphatic rings. The topological polar surface area (TPSA) is 58.6 Å². The highest BCUT2D eigenvalue weighted by Gasteiger charge is 2.35. The number of benzene rings is 1. The van der Waals surface area contributed by atoms with Crippen LogP contribution in [0.5, 0.6) is 0 Å². The van der Waals surface area contributed by atoms with E-state index in [4.69, 9.17) is 17.0 Å². The number of thiocarbonyl (C=S) groups is 1. The Hall–Kier alpha value is -1.18. The fourth-order valence-corrected chi connectivity index (χ4v) is 5.51. The average molecular weight is 383 g/mol. The standard InChI is InChI=1S/C18H26N2O3S2/c1-13-5-6-15(10-14(13)2)19-18(24)20(11-17-4-3-8-23-17)16-7-9-25(21,22)12-16/h5-6,10,16-17H,3-4,7-9,11-12H2,1-2H3,(H,19,24)/t16-,17+/m0/s1. The number of hydrogen-bond donors (Lipinski definition) is 1. The molecule has 2 atom stereocenters. The SMILES string of the molecule is Cc1ccc(NC(=S)N(C[C@H]2CCCO2)[C@H]2CCS(=O)(=O)C2)cc1C. The third-order valence-corrected chi connectivity index (χ3v) is 7.18. The van der Waals surface area contributed by atoms with Gasteiger partial charge in [0.15, 0.2) is 14.9 Å². The van der Waals surface area contributed by atoms with E-state index >= 15 is 0 Å². The van der Waals surface area contributed by atoms with Crippen LogP contribution in [0.25, 0.3) is 0 Å². The second-order valence-electron chi connectivity index (χ2n) is 7.07. The zero-order valence-corrected chi connectivity index (χ0v) is 16.5. The molecule has 0 saturated carbocycles. The molecule has 2 heterocycles. The summed E-state index contributed by atoms with van der Waals surface area (Å²) < 4.78 is 29.6. The van der Waals surface area contributed by atoms with E-state index < -0.39 is 9.84 Å². The number of nitrogens with zero attached hydrogens (tertiary/aromatic N) is 1. The Morgan fingerprint density at radius 2 is 2.12 bits per heavy atom. The Balaban J connectivity index is 1.74. The number of hydrogen-bond acceptors (Lipinski definition) is 4. The fourth-order valence-electron chi connectivity index (χ4n) is 3.44. The number of sulfone groups is 1. The maximum atomic E-state index is 11.9. The van der Waals surface area contributed by atoms with Gasteiger partial charge in [-0.2, -0.15) is 0 Å². The molecule has 0 aromatic heterocycles. The highest BCUT2D eigenvalue weighted by Crippen LogP contribution is 2.23. The lowest BCUT2D eigenvalue weighted by molar-refractivity contribution is 0.0851. The summed E-state index contributed by atoms with van der Waals surface area (Å²) in [6.07, 6.45) is 2.81. The van der Waals surface area contributed by atoms with Crippen LogP contribution < -0.4 is 5.32 Å². The van der Waals surface area contributed by atoms with E-state index in [0.717, 1.165) is 25.1 Å². The molecule has 1 N–H and O–H groups in total. The number of rotatable bonds is 4. The molecule has 1 aromatic rings. The second-order valence-corrected chi connectivity index (χ2v) is 9.69. The van der Waals surface area contributed by atoms with Crippen LogP contribution in [0.3, 0.4) is 0 Å². The van der Waals surface area contributed by atoms with E-state index in [1.807, 2.05) is 11.0 Å². The molecule has 5 nitrogen and oxygen atoms in total. The van der Waals surface area contributed by atoms with Crippen LogP contribution in [0.2, 0.25) is 0 Å². The van der Waals surface area contributed by atoms with Crippen LogP contribution in [0.1, 0.15) is 30.4 Å². The molecule has 0 radical (unpaired) electrons. The van der Waals surface area contributed by atoms with Crippen molar-refractivity contribution in [3.63, 3.8) is 0 Å². The third-order valence-electron chi connectivity index (χ3n) is 5.09. The van der Waals surface area contributed by atoms with Crippen molar-refractivity contribution in [2.75, 3.05) is 30.0 Å². The van der Waals surface area contributed by atoms with Gasteiger partial charge in [-0.25, -0.2) is 8.42 Å². The van der Waals surface area contributed by atoms with Crippen LogP contribution >= 0.6 is 12.2 Å². The number of ether oxygens (including phenoxy) is 1. The normalized spacial score (nSPS) is 25.0. The summed E-state index contributed by atoms with van der Waals surface area (Å²) in [6.45, 7) is 5.57. The summed E-state index contributed by atoms with van der Waals surface area (Å²) in [5, 5.41) is 3.88. The molecule has 1 aromatic carbocycles. The molecular formula is C18H26N2O3S2. The first-order valence-electron chi connectivity index (χ1n) is 8.81. The van der Waals surface area contributed by atoms with Crippen LogP contribution in [-0.2, 0) is 14.6 Å². The Morgan fingerprint density at radius 3 is 2.72 bits per heavy atom.